The van der Waals surface area contributed by atoms with Crippen molar-refractivity contribution in [1.29, 1.82) is 5.26 Å². The number of nitriles is 1. The molecule has 1 atom stereocenters. The predicted molar refractivity (Wildman–Crippen MR) is 114 cm³/mol. The van der Waals surface area contributed by atoms with Crippen molar-refractivity contribution in [2.75, 3.05) is 7.11 Å². The summed E-state index contributed by atoms with van der Waals surface area (Å²) >= 11 is 0. The maximum absolute atomic E-state index is 13.5. The number of alkyl halides is 3. The molecule has 3 aromatic rings. The average molecular weight is 471 g/mol. The lowest BCUT2D eigenvalue weighted by atomic mass is 10.1. The second-order valence-corrected chi connectivity index (χ2v) is 7.78. The van der Waals surface area contributed by atoms with Gasteiger partial charge in [0, 0.05) is 24.5 Å². The zero-order valence-corrected chi connectivity index (χ0v) is 18.6. The van der Waals surface area contributed by atoms with Crippen molar-refractivity contribution in [2.24, 2.45) is 0 Å². The number of hydrogen-bond donors (Lipinski definition) is 0. The van der Waals surface area contributed by atoms with Gasteiger partial charge >= 0.3 is 6.18 Å². The van der Waals surface area contributed by atoms with Crippen molar-refractivity contribution < 1.29 is 27.4 Å². The number of benzene rings is 1. The predicted octanol–water partition coefficient (Wildman–Crippen LogP) is 3.94. The molecular weight excluding hydrogens is 451 g/mol. The van der Waals surface area contributed by atoms with Gasteiger partial charge in [-0.1, -0.05) is 6.07 Å². The van der Waals surface area contributed by atoms with Crippen molar-refractivity contribution >= 4 is 5.91 Å². The fourth-order valence-corrected chi connectivity index (χ4v) is 3.70. The van der Waals surface area contributed by atoms with E-state index in [4.69, 9.17) is 9.47 Å². The maximum Gasteiger partial charge on any atom is 0.425 e. The molecule has 0 fully saturated rings. The largest absolute Gasteiger partial charge is 0.494 e. The highest BCUT2D eigenvalue weighted by molar-refractivity contribution is 6.00. The highest BCUT2D eigenvalue weighted by Crippen LogP contribution is 2.37. The van der Waals surface area contributed by atoms with Gasteiger partial charge in [0.05, 0.1) is 24.9 Å². The third-order valence-electron chi connectivity index (χ3n) is 5.49. The Labute approximate surface area is 193 Å². The van der Waals surface area contributed by atoms with Gasteiger partial charge in [0.2, 0.25) is 0 Å². The molecule has 1 aliphatic heterocycles. The molecule has 1 amide bonds. The lowest BCUT2D eigenvalue weighted by molar-refractivity contribution is -0.189. The first-order chi connectivity index (χ1) is 16.1. The molecule has 0 saturated heterocycles. The quantitative estimate of drug-likeness (QED) is 0.560. The number of fused-ring (bicyclic) bond motifs is 1. The van der Waals surface area contributed by atoms with E-state index in [9.17, 15) is 23.2 Å². The van der Waals surface area contributed by atoms with Crippen LogP contribution in [-0.4, -0.2) is 45.0 Å². The van der Waals surface area contributed by atoms with Gasteiger partial charge in [-0.05, 0) is 37.6 Å². The van der Waals surface area contributed by atoms with Crippen molar-refractivity contribution in [1.82, 2.24) is 19.7 Å². The van der Waals surface area contributed by atoms with Gasteiger partial charge in [0.25, 0.3) is 5.91 Å². The number of nitrogens with zero attached hydrogens (tertiary/aromatic N) is 5. The molecule has 2 aromatic heterocycles. The zero-order chi connectivity index (χ0) is 24.6. The molecule has 0 spiro atoms. The highest BCUT2D eigenvalue weighted by atomic mass is 19.4. The van der Waals surface area contributed by atoms with Crippen LogP contribution in [0, 0.1) is 18.3 Å². The van der Waals surface area contributed by atoms with E-state index in [0.717, 1.165) is 18.1 Å². The molecule has 3 heterocycles. The van der Waals surface area contributed by atoms with Crippen LogP contribution in [0.3, 0.4) is 0 Å². The average Bonchev–Trinajstić information content (AvgIpc) is 3.37. The molecule has 0 bridgehead atoms. The Hall–Kier alpha value is -4.07. The second-order valence-electron chi connectivity index (χ2n) is 7.78. The van der Waals surface area contributed by atoms with Crippen LogP contribution in [0.25, 0.3) is 5.82 Å². The number of ether oxygens (including phenoxy) is 2. The normalized spacial score (nSPS) is 13.9. The van der Waals surface area contributed by atoms with Gasteiger partial charge in [0.1, 0.15) is 17.4 Å². The van der Waals surface area contributed by atoms with Crippen molar-refractivity contribution in [3.63, 3.8) is 0 Å². The van der Waals surface area contributed by atoms with E-state index < -0.39 is 18.2 Å². The molecule has 11 heteroatoms. The number of carbonyl (C=O) groups excluding carboxylic acids is 1. The standard InChI is InChI=1S/C23H20F3N5O3/c1-13-5-4-8-28-21(13)31-11-16-10-30(12-17(16)29-31)22(32)19-18(34-14(2)23(24,25)26)7-6-15(9-27)20(19)33-3/h4-8,11,14H,10,12H2,1-3H3/t14-/m0/s1. The van der Waals surface area contributed by atoms with Crippen molar-refractivity contribution in [2.45, 2.75) is 39.2 Å². The fraction of sp³-hybridized carbons (Fsp3) is 0.304. The summed E-state index contributed by atoms with van der Waals surface area (Å²) in [5.74, 6) is -0.422. The molecule has 1 aliphatic rings. The van der Waals surface area contributed by atoms with Crippen molar-refractivity contribution in [3.05, 3.63) is 64.6 Å². The van der Waals surface area contributed by atoms with Gasteiger partial charge < -0.3 is 14.4 Å². The lowest BCUT2D eigenvalue weighted by Crippen LogP contribution is -2.33. The summed E-state index contributed by atoms with van der Waals surface area (Å²) in [6, 6.07) is 8.05. The molecule has 0 aliphatic carbocycles. The van der Waals surface area contributed by atoms with Gasteiger partial charge in [-0.3, -0.25) is 4.79 Å². The molecular formula is C23H20F3N5O3. The van der Waals surface area contributed by atoms with Crippen LogP contribution in [-0.2, 0) is 13.1 Å². The number of halogens is 3. The number of aryl methyl sites for hydroxylation is 1. The van der Waals surface area contributed by atoms with Crippen LogP contribution in [0.5, 0.6) is 11.5 Å². The number of rotatable bonds is 5. The summed E-state index contributed by atoms with van der Waals surface area (Å²) in [5.41, 5.74) is 2.11. The van der Waals surface area contributed by atoms with Gasteiger partial charge in [-0.2, -0.15) is 23.5 Å². The fourth-order valence-electron chi connectivity index (χ4n) is 3.70. The van der Waals surface area contributed by atoms with E-state index in [1.165, 1.54) is 24.1 Å². The molecule has 0 saturated carbocycles. The lowest BCUT2D eigenvalue weighted by Gasteiger charge is -2.23. The van der Waals surface area contributed by atoms with Crippen LogP contribution in [0.4, 0.5) is 13.2 Å². The number of aromatic nitrogens is 3. The molecule has 0 unspecified atom stereocenters. The van der Waals surface area contributed by atoms with Crippen LogP contribution >= 0.6 is 0 Å². The van der Waals surface area contributed by atoms with E-state index >= 15 is 0 Å². The van der Waals surface area contributed by atoms with Gasteiger partial charge in [-0.25, -0.2) is 9.67 Å². The van der Waals surface area contributed by atoms with Crippen LogP contribution in [0.15, 0.2) is 36.7 Å². The summed E-state index contributed by atoms with van der Waals surface area (Å²) in [4.78, 5) is 19.2. The van der Waals surface area contributed by atoms with E-state index in [0.29, 0.717) is 11.5 Å². The molecule has 0 radical (unpaired) electrons. The second kappa shape index (κ2) is 8.70. The Morgan fingerprint density at radius 1 is 1.26 bits per heavy atom. The Morgan fingerprint density at radius 2 is 2.03 bits per heavy atom. The smallest absolute Gasteiger partial charge is 0.425 e. The number of hydrogen-bond acceptors (Lipinski definition) is 6. The first-order valence-electron chi connectivity index (χ1n) is 10.3. The molecule has 8 nitrogen and oxygen atoms in total. The summed E-state index contributed by atoms with van der Waals surface area (Å²) in [6.45, 7) is 3.05. The summed E-state index contributed by atoms with van der Waals surface area (Å²) < 4.78 is 51.3. The summed E-state index contributed by atoms with van der Waals surface area (Å²) in [5, 5.41) is 13.9. The third kappa shape index (κ3) is 4.14. The third-order valence-corrected chi connectivity index (χ3v) is 5.49. The van der Waals surface area contributed by atoms with Gasteiger partial charge in [-0.15, -0.1) is 0 Å². The Kier molecular flexibility index (Phi) is 5.91. The molecule has 34 heavy (non-hydrogen) atoms. The minimum Gasteiger partial charge on any atom is -0.494 e. The SMILES string of the molecule is COc1c(C#N)ccc(O[C@@H](C)C(F)(F)F)c1C(=O)N1Cc2cn(-c3ncccc3C)nc2C1. The number of amides is 1. The molecule has 0 N–H and O–H groups in total. The Bertz CT molecular complexity index is 1270. The Balaban J connectivity index is 1.66. The number of methoxy groups -OCH3 is 1. The molecule has 1 aromatic carbocycles. The minimum atomic E-state index is -4.64. The topological polar surface area (TPSA) is 93.3 Å². The van der Waals surface area contributed by atoms with Crippen molar-refractivity contribution in [3.8, 4) is 23.4 Å². The van der Waals surface area contributed by atoms with Gasteiger partial charge in [0.15, 0.2) is 17.7 Å². The molecule has 4 rings (SSSR count). The van der Waals surface area contributed by atoms with E-state index in [1.807, 2.05) is 25.1 Å². The Morgan fingerprint density at radius 3 is 2.65 bits per heavy atom. The highest BCUT2D eigenvalue weighted by Gasteiger charge is 2.40. The molecule has 176 valence electrons. The summed E-state index contributed by atoms with van der Waals surface area (Å²) in [7, 11) is 1.24. The van der Waals surface area contributed by atoms with E-state index in [1.54, 1.807) is 17.1 Å². The first-order valence-corrected chi connectivity index (χ1v) is 10.3. The number of pyridine rings is 1. The van der Waals surface area contributed by atoms with Crippen LogP contribution in [0.2, 0.25) is 0 Å². The van der Waals surface area contributed by atoms with Crippen LogP contribution in [0.1, 0.15) is 39.7 Å². The van der Waals surface area contributed by atoms with Crippen LogP contribution < -0.4 is 9.47 Å². The zero-order valence-electron chi connectivity index (χ0n) is 18.6. The maximum atomic E-state index is 13.5. The number of carbonyl (C=O) groups is 1. The summed E-state index contributed by atoms with van der Waals surface area (Å²) in [6.07, 6.45) is -3.39. The van der Waals surface area contributed by atoms with E-state index in [2.05, 4.69) is 10.1 Å². The van der Waals surface area contributed by atoms with E-state index in [-0.39, 0.29) is 35.7 Å². The monoisotopic (exact) mass is 471 g/mol. The first kappa shape index (κ1) is 23.1. The minimum absolute atomic E-state index is 0.00520.